The maximum Gasteiger partial charge on any atom is 0.254 e. The number of nitrogens with zero attached hydrogens (tertiary/aromatic N) is 2. The minimum Gasteiger partial charge on any atom is -0.337 e. The van der Waals surface area contributed by atoms with Crippen molar-refractivity contribution in [1.82, 2.24) is 9.88 Å². The van der Waals surface area contributed by atoms with Crippen LogP contribution in [0.3, 0.4) is 0 Å². The summed E-state index contributed by atoms with van der Waals surface area (Å²) in [6.07, 6.45) is 2.71. The number of halogens is 1. The summed E-state index contributed by atoms with van der Waals surface area (Å²) in [6.45, 7) is 3.54. The van der Waals surface area contributed by atoms with Crippen LogP contribution in [0, 0.1) is 5.92 Å². The van der Waals surface area contributed by atoms with E-state index in [1.54, 1.807) is 6.20 Å². The van der Waals surface area contributed by atoms with E-state index < -0.39 is 0 Å². The van der Waals surface area contributed by atoms with Crippen molar-refractivity contribution in [2.24, 2.45) is 5.92 Å². The van der Waals surface area contributed by atoms with Gasteiger partial charge in [-0.2, -0.15) is 0 Å². The number of alkyl halides is 1. The Hall–Kier alpha value is -1.61. The minimum atomic E-state index is 0.0424. The van der Waals surface area contributed by atoms with Gasteiger partial charge in [-0.15, -0.1) is 11.6 Å². The van der Waals surface area contributed by atoms with Crippen LogP contribution in [-0.2, 0) is 0 Å². The van der Waals surface area contributed by atoms with Crippen molar-refractivity contribution in [3.63, 3.8) is 0 Å². The number of fused-ring (bicyclic) bond motifs is 1. The van der Waals surface area contributed by atoms with Crippen molar-refractivity contribution in [3.05, 3.63) is 42.1 Å². The van der Waals surface area contributed by atoms with E-state index in [1.165, 1.54) is 0 Å². The Kier molecular flexibility index (Phi) is 3.62. The molecule has 1 fully saturated rings. The molecule has 2 aromatic rings. The molecule has 2 atom stereocenters. The van der Waals surface area contributed by atoms with Gasteiger partial charge < -0.3 is 4.90 Å². The normalized spacial score (nSPS) is 23.0. The minimum absolute atomic E-state index is 0.0424. The molecule has 1 aliphatic heterocycles. The standard InChI is InChI=1S/C16H17ClN2O/c1-11-7-9-19(10-14(11)17)16(20)13-4-2-6-15-12(13)5-3-8-18-15/h2-6,8,11,14H,7,9-10H2,1H3. The van der Waals surface area contributed by atoms with Gasteiger partial charge in [0.25, 0.3) is 5.91 Å². The fraction of sp³-hybridized carbons (Fsp3) is 0.375. The molecular weight excluding hydrogens is 272 g/mol. The average molecular weight is 289 g/mol. The molecule has 0 aliphatic carbocycles. The van der Waals surface area contributed by atoms with Crippen LogP contribution in [0.2, 0.25) is 0 Å². The van der Waals surface area contributed by atoms with Crippen LogP contribution in [-0.4, -0.2) is 34.3 Å². The Morgan fingerprint density at radius 3 is 3.00 bits per heavy atom. The zero-order valence-corrected chi connectivity index (χ0v) is 12.2. The molecule has 1 aliphatic rings. The lowest BCUT2D eigenvalue weighted by Gasteiger charge is -2.34. The first kappa shape index (κ1) is 13.4. The fourth-order valence-corrected chi connectivity index (χ4v) is 2.96. The molecule has 2 heterocycles. The first-order valence-electron chi connectivity index (χ1n) is 6.94. The third-order valence-electron chi connectivity index (χ3n) is 4.03. The summed E-state index contributed by atoms with van der Waals surface area (Å²) in [4.78, 5) is 18.9. The predicted octanol–water partition coefficient (Wildman–Crippen LogP) is 3.32. The van der Waals surface area contributed by atoms with Gasteiger partial charge >= 0.3 is 0 Å². The molecule has 20 heavy (non-hydrogen) atoms. The molecule has 0 saturated carbocycles. The molecule has 0 N–H and O–H groups in total. The Labute approximate surface area is 123 Å². The zero-order chi connectivity index (χ0) is 14.1. The lowest BCUT2D eigenvalue weighted by Crippen LogP contribution is -2.43. The highest BCUT2D eigenvalue weighted by molar-refractivity contribution is 6.21. The van der Waals surface area contributed by atoms with Gasteiger partial charge in [-0.1, -0.05) is 19.1 Å². The van der Waals surface area contributed by atoms with Crippen LogP contribution >= 0.6 is 11.6 Å². The van der Waals surface area contributed by atoms with E-state index in [0.29, 0.717) is 18.0 Å². The van der Waals surface area contributed by atoms with Crippen molar-refractivity contribution < 1.29 is 4.79 Å². The Balaban J connectivity index is 1.93. The maximum absolute atomic E-state index is 12.7. The second kappa shape index (κ2) is 5.41. The third kappa shape index (κ3) is 2.38. The molecule has 2 unspecified atom stereocenters. The largest absolute Gasteiger partial charge is 0.337 e. The van der Waals surface area contributed by atoms with E-state index in [4.69, 9.17) is 11.6 Å². The predicted molar refractivity (Wildman–Crippen MR) is 81.1 cm³/mol. The molecule has 0 radical (unpaired) electrons. The second-order valence-corrected chi connectivity index (χ2v) is 5.97. The van der Waals surface area contributed by atoms with Gasteiger partial charge in [0.1, 0.15) is 0 Å². The number of pyridine rings is 1. The fourth-order valence-electron chi connectivity index (χ4n) is 2.67. The van der Waals surface area contributed by atoms with E-state index in [1.807, 2.05) is 35.2 Å². The summed E-state index contributed by atoms with van der Waals surface area (Å²) in [5, 5.41) is 0.950. The van der Waals surface area contributed by atoms with E-state index in [2.05, 4.69) is 11.9 Å². The molecule has 3 nitrogen and oxygen atoms in total. The summed E-state index contributed by atoms with van der Waals surface area (Å²) in [6, 6.07) is 9.48. The summed E-state index contributed by atoms with van der Waals surface area (Å²) in [5.41, 5.74) is 1.57. The molecule has 0 spiro atoms. The number of aromatic nitrogens is 1. The molecule has 4 heteroatoms. The van der Waals surface area contributed by atoms with Gasteiger partial charge in [-0.3, -0.25) is 9.78 Å². The number of hydrogen-bond donors (Lipinski definition) is 0. The number of benzene rings is 1. The second-order valence-electron chi connectivity index (χ2n) is 5.41. The van der Waals surface area contributed by atoms with Gasteiger partial charge in [0, 0.05) is 30.2 Å². The molecule has 1 amide bonds. The summed E-state index contributed by atoms with van der Waals surface area (Å²) in [7, 11) is 0. The van der Waals surface area contributed by atoms with Crippen molar-refractivity contribution in [3.8, 4) is 0 Å². The first-order valence-corrected chi connectivity index (χ1v) is 7.37. The Morgan fingerprint density at radius 1 is 1.35 bits per heavy atom. The lowest BCUT2D eigenvalue weighted by atomic mass is 9.97. The van der Waals surface area contributed by atoms with Crippen molar-refractivity contribution in [1.29, 1.82) is 0 Å². The number of amides is 1. The number of hydrogen-bond acceptors (Lipinski definition) is 2. The third-order valence-corrected chi connectivity index (χ3v) is 4.60. The van der Waals surface area contributed by atoms with Gasteiger partial charge in [-0.05, 0) is 30.5 Å². The average Bonchev–Trinajstić information content (AvgIpc) is 2.49. The van der Waals surface area contributed by atoms with Gasteiger partial charge in [-0.25, -0.2) is 0 Å². The smallest absolute Gasteiger partial charge is 0.254 e. The topological polar surface area (TPSA) is 33.2 Å². The summed E-state index contributed by atoms with van der Waals surface area (Å²) in [5.74, 6) is 0.524. The highest BCUT2D eigenvalue weighted by Gasteiger charge is 2.28. The molecule has 104 valence electrons. The molecule has 1 saturated heterocycles. The number of piperidine rings is 1. The highest BCUT2D eigenvalue weighted by Crippen LogP contribution is 2.25. The van der Waals surface area contributed by atoms with Crippen LogP contribution in [0.25, 0.3) is 10.9 Å². The van der Waals surface area contributed by atoms with E-state index in [0.717, 1.165) is 23.9 Å². The van der Waals surface area contributed by atoms with Crippen molar-refractivity contribution in [2.75, 3.05) is 13.1 Å². The summed E-state index contributed by atoms with van der Waals surface area (Å²) < 4.78 is 0. The molecule has 3 rings (SSSR count). The monoisotopic (exact) mass is 288 g/mol. The molecule has 1 aromatic carbocycles. The van der Waals surface area contributed by atoms with Crippen LogP contribution in [0.5, 0.6) is 0 Å². The Bertz CT molecular complexity index is 638. The van der Waals surface area contributed by atoms with Crippen LogP contribution < -0.4 is 0 Å². The quantitative estimate of drug-likeness (QED) is 0.754. The van der Waals surface area contributed by atoms with Crippen molar-refractivity contribution in [2.45, 2.75) is 18.7 Å². The lowest BCUT2D eigenvalue weighted by molar-refractivity contribution is 0.0703. The first-order chi connectivity index (χ1) is 9.66. The summed E-state index contributed by atoms with van der Waals surface area (Å²) >= 11 is 6.31. The van der Waals surface area contributed by atoms with Gasteiger partial charge in [0.2, 0.25) is 0 Å². The Morgan fingerprint density at radius 2 is 2.20 bits per heavy atom. The number of likely N-dealkylation sites (tertiary alicyclic amines) is 1. The van der Waals surface area contributed by atoms with Crippen LogP contribution in [0.15, 0.2) is 36.5 Å². The molecule has 0 bridgehead atoms. The number of rotatable bonds is 1. The number of carbonyl (C=O) groups excluding carboxylic acids is 1. The van der Waals surface area contributed by atoms with Crippen LogP contribution in [0.4, 0.5) is 0 Å². The zero-order valence-electron chi connectivity index (χ0n) is 11.4. The van der Waals surface area contributed by atoms with E-state index >= 15 is 0 Å². The number of carbonyl (C=O) groups is 1. The molecule has 1 aromatic heterocycles. The molecular formula is C16H17ClN2O. The highest BCUT2D eigenvalue weighted by atomic mass is 35.5. The van der Waals surface area contributed by atoms with Crippen LogP contribution in [0.1, 0.15) is 23.7 Å². The van der Waals surface area contributed by atoms with Gasteiger partial charge in [0.05, 0.1) is 10.9 Å². The van der Waals surface area contributed by atoms with E-state index in [9.17, 15) is 4.79 Å². The SMILES string of the molecule is CC1CCN(C(=O)c2cccc3ncccc23)CC1Cl. The maximum atomic E-state index is 12.7. The van der Waals surface area contributed by atoms with Crippen molar-refractivity contribution >= 4 is 28.4 Å². The van der Waals surface area contributed by atoms with E-state index in [-0.39, 0.29) is 11.3 Å². The van der Waals surface area contributed by atoms with Gasteiger partial charge in [0.15, 0.2) is 0 Å².